The number of furan rings is 1. The molecule has 0 atom stereocenters. The van der Waals surface area contributed by atoms with Gasteiger partial charge in [0.25, 0.3) is 0 Å². The van der Waals surface area contributed by atoms with Gasteiger partial charge in [-0.2, -0.15) is 0 Å². The number of rotatable bonds is 8. The monoisotopic (exact) mass is 1160 g/mol. The van der Waals surface area contributed by atoms with Crippen LogP contribution in [0.5, 0.6) is 0 Å². The van der Waals surface area contributed by atoms with Crippen LogP contribution in [0.1, 0.15) is 80.5 Å². The van der Waals surface area contributed by atoms with Crippen molar-refractivity contribution in [2.24, 2.45) is 5.92 Å². The van der Waals surface area contributed by atoms with Gasteiger partial charge in [-0.15, -0.1) is 18.2 Å². The average Bonchev–Trinajstić information content (AvgIpc) is 3.91. The van der Waals surface area contributed by atoms with E-state index in [-0.39, 0.29) is 36.9 Å². The summed E-state index contributed by atoms with van der Waals surface area (Å²) < 4.78 is 27.4. The second-order valence-electron chi connectivity index (χ2n) is 21.6. The average molecular weight is 1160 g/mol. The third-order valence-corrected chi connectivity index (χ3v) is 16.9. The van der Waals surface area contributed by atoms with E-state index in [1.165, 1.54) is 11.1 Å². The van der Waals surface area contributed by atoms with E-state index in [1.807, 2.05) is 57.3 Å². The van der Waals surface area contributed by atoms with E-state index in [0.29, 0.717) is 5.71 Å². The van der Waals surface area contributed by atoms with E-state index in [0.717, 1.165) is 93.6 Å². The van der Waals surface area contributed by atoms with Gasteiger partial charge in [0.15, 0.2) is 0 Å². The minimum absolute atomic E-state index is 0. The molecule has 10 aromatic rings. The van der Waals surface area contributed by atoms with E-state index in [9.17, 15) is 0 Å². The van der Waals surface area contributed by atoms with Crippen molar-refractivity contribution in [3.8, 4) is 50.6 Å². The number of benzene rings is 6. The Labute approximate surface area is 434 Å². The molecule has 0 aliphatic heterocycles. The number of aromatic nitrogens is 4. The molecule has 0 aliphatic carbocycles. The summed E-state index contributed by atoms with van der Waals surface area (Å²) >= 11 is -2.25. The maximum absolute atomic E-state index is 8.70. The van der Waals surface area contributed by atoms with Crippen molar-refractivity contribution in [2.75, 3.05) is 0 Å². The number of aryl methyl sites for hydroxylation is 1. The molecule has 10 rings (SSSR count). The first-order chi connectivity index (χ1) is 33.6. The Morgan fingerprint density at radius 3 is 1.91 bits per heavy atom. The standard InChI is InChI=1S/C41H32N3O.C22H32GeN.Ir/c1-26-22-23-31-30-18-13-19-32(38(30)45-40(31)42-26)39-43-35-20-11-12-21-36(35)44(39)37-33(27-14-7-5-8-15-27)24-29(41(2,3)4)25-34(37)28-16-9-6-10-17-28;1-16(2)12-18-14-21(24-15-20(18)23(6,7)8)17-10-9-11-19(13-17)22(3,4)5;/h5-18,20-25H,1-4H3;9,11,13-16H,12H2,1-8H3;/q2*-1;/i;12D2;. The first-order valence-corrected chi connectivity index (χ1v) is 31.5. The van der Waals surface area contributed by atoms with Crippen molar-refractivity contribution in [2.45, 2.75) is 96.8 Å². The van der Waals surface area contributed by atoms with Gasteiger partial charge in [0.2, 0.25) is 5.71 Å². The van der Waals surface area contributed by atoms with Crippen LogP contribution in [0.25, 0.3) is 83.7 Å². The van der Waals surface area contributed by atoms with Gasteiger partial charge in [0.05, 0.1) is 28.1 Å². The summed E-state index contributed by atoms with van der Waals surface area (Å²) in [5.41, 5.74) is 15.7. The van der Waals surface area contributed by atoms with Crippen LogP contribution in [0.15, 0.2) is 156 Å². The number of para-hydroxylation sites is 2. The third-order valence-electron chi connectivity index (χ3n) is 12.7. The van der Waals surface area contributed by atoms with Gasteiger partial charge in [0, 0.05) is 42.3 Å². The van der Waals surface area contributed by atoms with Gasteiger partial charge < -0.3 is 8.98 Å². The smallest absolute Gasteiger partial charge is 0 e. The topological polar surface area (TPSA) is 56.7 Å². The molecule has 0 spiro atoms. The van der Waals surface area contributed by atoms with Crippen LogP contribution in [-0.4, -0.2) is 32.8 Å². The second-order valence-corrected chi connectivity index (χ2v) is 32.1. The Balaban J connectivity index is 0.000000221. The molecule has 0 aliphatic rings. The molecule has 1 radical (unpaired) electrons. The van der Waals surface area contributed by atoms with Crippen LogP contribution < -0.4 is 4.40 Å². The Morgan fingerprint density at radius 2 is 1.30 bits per heavy atom. The fourth-order valence-corrected chi connectivity index (χ4v) is 11.9. The summed E-state index contributed by atoms with van der Waals surface area (Å²) in [6.07, 6.45) is 0.565. The number of nitrogens with zero attached hydrogens (tertiary/aromatic N) is 4. The van der Waals surface area contributed by atoms with Crippen LogP contribution in [0.4, 0.5) is 0 Å². The van der Waals surface area contributed by atoms with Crippen LogP contribution in [0, 0.1) is 25.0 Å². The predicted octanol–water partition coefficient (Wildman–Crippen LogP) is 16.3. The Kier molecular flexibility index (Phi) is 13.7. The fourth-order valence-electron chi connectivity index (χ4n) is 9.00. The zero-order valence-corrected chi connectivity index (χ0v) is 47.0. The van der Waals surface area contributed by atoms with Gasteiger partial charge in [-0.05, 0) is 65.4 Å². The molecule has 357 valence electrons. The number of fused-ring (bicyclic) bond motifs is 4. The quantitative estimate of drug-likeness (QED) is 0.112. The van der Waals surface area contributed by atoms with E-state index in [1.54, 1.807) is 0 Å². The van der Waals surface area contributed by atoms with Crippen molar-refractivity contribution in [1.29, 1.82) is 0 Å². The van der Waals surface area contributed by atoms with Crippen molar-refractivity contribution < 1.29 is 27.3 Å². The van der Waals surface area contributed by atoms with Crippen LogP contribution in [0.3, 0.4) is 0 Å². The number of hydrogen-bond acceptors (Lipinski definition) is 4. The molecule has 0 fully saturated rings. The third kappa shape index (κ3) is 10.4. The van der Waals surface area contributed by atoms with Crippen molar-refractivity contribution in [1.82, 2.24) is 19.5 Å². The maximum Gasteiger partial charge on any atom is 0 e. The van der Waals surface area contributed by atoms with Gasteiger partial charge in [-0.3, -0.25) is 4.98 Å². The van der Waals surface area contributed by atoms with Crippen molar-refractivity contribution >= 4 is 50.8 Å². The van der Waals surface area contributed by atoms with E-state index >= 15 is 0 Å². The molecule has 5 nitrogen and oxygen atoms in total. The summed E-state index contributed by atoms with van der Waals surface area (Å²) in [4.78, 5) is 14.7. The number of hydrogen-bond donors (Lipinski definition) is 0. The molecule has 0 saturated carbocycles. The first-order valence-electron chi connectivity index (χ1n) is 25.1. The second kappa shape index (κ2) is 20.1. The molecule has 4 aromatic heterocycles. The Morgan fingerprint density at radius 1 is 0.686 bits per heavy atom. The van der Waals surface area contributed by atoms with Crippen LogP contribution >= 0.6 is 0 Å². The predicted molar refractivity (Wildman–Crippen MR) is 293 cm³/mol. The van der Waals surface area contributed by atoms with Crippen molar-refractivity contribution in [3.05, 3.63) is 186 Å². The largest absolute Gasteiger partial charge is 0 e. The molecular formula is C63H64GeIrN4O-2. The van der Waals surface area contributed by atoms with E-state index in [2.05, 4.69) is 191 Å². The maximum atomic E-state index is 8.70. The zero-order valence-electron chi connectivity index (χ0n) is 44.5. The van der Waals surface area contributed by atoms with Crippen molar-refractivity contribution in [3.63, 3.8) is 0 Å². The molecule has 0 unspecified atom stereocenters. The zero-order chi connectivity index (χ0) is 50.6. The summed E-state index contributed by atoms with van der Waals surface area (Å²) in [7, 11) is 0. The summed E-state index contributed by atoms with van der Waals surface area (Å²) in [6.45, 7) is 19.3. The van der Waals surface area contributed by atoms with Gasteiger partial charge >= 0.3 is 154 Å². The summed E-state index contributed by atoms with van der Waals surface area (Å²) in [6, 6.07) is 57.5. The molecule has 0 N–H and O–H groups in total. The molecule has 0 saturated heterocycles. The Hall–Kier alpha value is -5.92. The van der Waals surface area contributed by atoms with Gasteiger partial charge in [0.1, 0.15) is 0 Å². The number of pyridine rings is 2. The van der Waals surface area contributed by atoms with Gasteiger partial charge in [-0.1, -0.05) is 105 Å². The summed E-state index contributed by atoms with van der Waals surface area (Å²) in [5.74, 6) is 7.57. The number of imidazole rings is 1. The molecule has 0 amide bonds. The minimum Gasteiger partial charge on any atom is 0 e. The molecule has 6 aromatic carbocycles. The fraction of sp³-hybridized carbons (Fsp3) is 0.254. The van der Waals surface area contributed by atoms with E-state index in [4.69, 9.17) is 22.1 Å². The molecule has 4 heterocycles. The molecular weight excluding hydrogens is 1090 g/mol. The van der Waals surface area contributed by atoms with Crippen LogP contribution in [0.2, 0.25) is 17.3 Å². The summed E-state index contributed by atoms with van der Waals surface area (Å²) in [5, 5.41) is 1.98. The Bertz CT molecular complexity index is 3500. The minimum atomic E-state index is -2.25. The van der Waals surface area contributed by atoms with E-state index < -0.39 is 19.6 Å². The first kappa shape index (κ1) is 47.7. The normalized spacial score (nSPS) is 12.7. The molecule has 0 bridgehead atoms. The SMILES string of the molecule is Cc1ccc2c(n1)oc1c(-c3nc4ccccc4n3-c3c(-c4ccccc4)cc(C(C)(C)C)cc3-c3ccccc3)[c-]ccc12.[2H]C([2H])(c1cc(-c2[c-]ccc(C(C)(C)C)c2)nc[c]1[Ge]([CH3])([CH3])[CH3])C(C)C.[Ir]. The molecule has 7 heteroatoms. The van der Waals surface area contributed by atoms with Gasteiger partial charge in [-0.25, -0.2) is 4.98 Å². The van der Waals surface area contributed by atoms with Crippen LogP contribution in [-0.2, 0) is 37.3 Å². The molecule has 70 heavy (non-hydrogen) atoms.